The quantitative estimate of drug-likeness (QED) is 0.442. The van der Waals surface area contributed by atoms with Crippen LogP contribution < -0.4 is 0 Å². The van der Waals surface area contributed by atoms with Gasteiger partial charge >= 0.3 is 0 Å². The third-order valence-corrected chi connectivity index (χ3v) is 1.94. The molecule has 0 spiro atoms. The molecule has 0 saturated carbocycles. The van der Waals surface area contributed by atoms with Gasteiger partial charge in [0.2, 0.25) is 0 Å². The van der Waals surface area contributed by atoms with E-state index in [0.717, 1.165) is 16.6 Å². The number of carbonyl (C=O) groups is 3. The van der Waals surface area contributed by atoms with Gasteiger partial charge in [0, 0.05) is 30.9 Å². The van der Waals surface area contributed by atoms with Crippen molar-refractivity contribution in [2.75, 3.05) is 19.6 Å². The number of ketones is 1. The van der Waals surface area contributed by atoms with Gasteiger partial charge in [-0.05, 0) is 20.1 Å². The second-order valence-electron chi connectivity index (χ2n) is 3.47. The second kappa shape index (κ2) is 40.3. The van der Waals surface area contributed by atoms with Crippen molar-refractivity contribution in [2.24, 2.45) is 0 Å². The zero-order valence-corrected chi connectivity index (χ0v) is 20.0. The monoisotopic (exact) mass is 445 g/mol. The van der Waals surface area contributed by atoms with Gasteiger partial charge in [0.25, 0.3) is 11.8 Å². The minimum absolute atomic E-state index is 0. The normalized spacial score (nSPS) is 9.36. The highest BCUT2D eigenvalue weighted by molar-refractivity contribution is 7.93. The van der Waals surface area contributed by atoms with E-state index in [1.54, 1.807) is 6.26 Å². The van der Waals surface area contributed by atoms with E-state index in [-0.39, 0.29) is 32.5 Å². The summed E-state index contributed by atoms with van der Waals surface area (Å²) in [5.41, 5.74) is 0. The Bertz CT molecular complexity index is 437. The summed E-state index contributed by atoms with van der Waals surface area (Å²) < 4.78 is 19.8. The van der Waals surface area contributed by atoms with Gasteiger partial charge in [-0.25, -0.2) is 8.42 Å². The van der Waals surface area contributed by atoms with Crippen LogP contribution in [0.1, 0.15) is 70.2 Å². The number of Topliss-reactive ketones (excluding diaryl/α,β-unsaturated/α-hetero) is 1. The van der Waals surface area contributed by atoms with E-state index >= 15 is 0 Å². The van der Waals surface area contributed by atoms with Crippen molar-refractivity contribution >= 4 is 40.1 Å². The van der Waals surface area contributed by atoms with Crippen molar-refractivity contribution in [3.05, 3.63) is 24.1 Å². The highest BCUT2D eigenvalue weighted by Crippen LogP contribution is 1.97. The minimum Gasteiger partial charge on any atom is -0.300 e. The highest BCUT2D eigenvalue weighted by atomic mass is 32.2. The molecule has 0 bridgehead atoms. The number of rotatable bonds is 1. The molecule has 0 aromatic heterocycles. The molecule has 8 heteroatoms. The van der Waals surface area contributed by atoms with E-state index in [2.05, 4.69) is 19.2 Å². The molecule has 1 heterocycles. The lowest BCUT2D eigenvalue weighted by Crippen LogP contribution is -2.24. The van der Waals surface area contributed by atoms with Gasteiger partial charge in [-0.2, -0.15) is 12.6 Å². The van der Waals surface area contributed by atoms with Gasteiger partial charge in [-0.1, -0.05) is 63.0 Å². The summed E-state index contributed by atoms with van der Waals surface area (Å²) in [5, 5.41) is 0.910. The fourth-order valence-electron chi connectivity index (χ4n) is 0.475. The molecule has 0 aromatic rings. The maximum absolute atomic E-state index is 10.4. The molecule has 0 aliphatic carbocycles. The van der Waals surface area contributed by atoms with Crippen LogP contribution in [0, 0.1) is 0 Å². The molecule has 28 heavy (non-hydrogen) atoms. The van der Waals surface area contributed by atoms with Crippen LogP contribution in [0.4, 0.5) is 0 Å². The molecule has 0 saturated heterocycles. The van der Waals surface area contributed by atoms with Crippen LogP contribution in [0.2, 0.25) is 0 Å². The fraction of sp³-hybridized carbons (Fsp3) is 0.650. The number of hydrogen-bond donors (Lipinski definition) is 1. The first kappa shape index (κ1) is 50.4. The predicted molar refractivity (Wildman–Crippen MR) is 131 cm³/mol. The summed E-state index contributed by atoms with van der Waals surface area (Å²) >= 11 is 3.53. The van der Waals surface area contributed by atoms with E-state index in [1.165, 1.54) is 33.0 Å². The molecule has 0 unspecified atom stereocenters. The third kappa shape index (κ3) is 64.3. The number of thiol groups is 1. The van der Waals surface area contributed by atoms with Gasteiger partial charge in [0.05, 0.1) is 0 Å². The summed E-state index contributed by atoms with van der Waals surface area (Å²) in [7, 11) is -1.45. The average molecular weight is 446 g/mol. The topological polar surface area (TPSA) is 88.6 Å². The Kier molecular flexibility index (Phi) is 72.6. The molecule has 174 valence electrons. The highest BCUT2D eigenvalue weighted by Gasteiger charge is 2.17. The van der Waals surface area contributed by atoms with Gasteiger partial charge in [0.1, 0.15) is 5.78 Å². The third-order valence-electron chi connectivity index (χ3n) is 1.33. The first-order valence-corrected chi connectivity index (χ1v) is 11.1. The van der Waals surface area contributed by atoms with Crippen LogP contribution in [0.25, 0.3) is 0 Å². The van der Waals surface area contributed by atoms with Gasteiger partial charge in [-0.3, -0.25) is 14.5 Å². The number of sulfone groups is 1. The van der Waals surface area contributed by atoms with Crippen molar-refractivity contribution in [3.63, 3.8) is 0 Å². The maximum atomic E-state index is 10.4. The minimum atomic E-state index is -2.90. The first-order valence-electron chi connectivity index (χ1n) is 8.25. The zero-order chi connectivity index (χ0) is 22.9. The molecular weight excluding hydrogens is 398 g/mol. The molecule has 0 N–H and O–H groups in total. The summed E-state index contributed by atoms with van der Waals surface area (Å²) in [6, 6.07) is 0. The van der Waals surface area contributed by atoms with E-state index in [1.807, 2.05) is 41.5 Å². The van der Waals surface area contributed by atoms with E-state index in [9.17, 15) is 22.8 Å². The summed E-state index contributed by atoms with van der Waals surface area (Å²) in [4.78, 5) is 31.3. The Labute approximate surface area is 181 Å². The van der Waals surface area contributed by atoms with E-state index in [4.69, 9.17) is 0 Å². The van der Waals surface area contributed by atoms with Crippen LogP contribution in [0.5, 0.6) is 0 Å². The van der Waals surface area contributed by atoms with Crippen LogP contribution in [0.15, 0.2) is 24.1 Å². The Morgan fingerprint density at radius 2 is 1.07 bits per heavy atom. The van der Waals surface area contributed by atoms with Gasteiger partial charge in [0.15, 0.2) is 9.84 Å². The Hall–Kier alpha value is -1.41. The van der Waals surface area contributed by atoms with Crippen LogP contribution >= 0.6 is 12.6 Å². The molecule has 0 radical (unpaired) electrons. The standard InChI is InChI=1S/C5H5NO2.C3H6O2S.C3H6O.3C2H6.CH4S.2CH4/c1-6-4(7)2-3-5(6)8;1-3-6(2,4)5;1-3(2)4;4*1-2;;/h2-3H,1H3;3H,1H2,2H3;1-2H3;3*1-2H3;2H,1H3;2*1H4. The van der Waals surface area contributed by atoms with Crippen molar-refractivity contribution in [3.8, 4) is 0 Å². The number of amides is 2. The number of likely N-dealkylation sites (N-methyl/N-ethyl adjacent to an activating group) is 1. The van der Waals surface area contributed by atoms with Crippen molar-refractivity contribution < 1.29 is 22.8 Å². The molecular formula is C20H47NO5S2. The lowest BCUT2D eigenvalue weighted by molar-refractivity contribution is -0.135. The number of imide groups is 1. The van der Waals surface area contributed by atoms with Crippen LogP contribution in [-0.2, 0) is 24.2 Å². The summed E-state index contributed by atoms with van der Waals surface area (Å²) in [6.07, 6.45) is 5.30. The number of carbonyl (C=O) groups excluding carboxylic acids is 3. The van der Waals surface area contributed by atoms with Gasteiger partial charge < -0.3 is 4.79 Å². The lowest BCUT2D eigenvalue weighted by Gasteiger charge is -2.01. The van der Waals surface area contributed by atoms with Crippen molar-refractivity contribution in [2.45, 2.75) is 70.2 Å². The predicted octanol–water partition coefficient (Wildman–Crippen LogP) is 5.21. The smallest absolute Gasteiger partial charge is 0.253 e. The number of nitrogens with zero attached hydrogens (tertiary/aromatic N) is 1. The first-order chi connectivity index (χ1) is 12.0. The number of hydrogen-bond acceptors (Lipinski definition) is 6. The average Bonchev–Trinajstić information content (AvgIpc) is 2.92. The molecule has 2 amide bonds. The molecule has 1 rings (SSSR count). The van der Waals surface area contributed by atoms with Crippen LogP contribution in [-0.4, -0.2) is 50.5 Å². The molecule has 1 aliphatic heterocycles. The second-order valence-corrected chi connectivity index (χ2v) is 5.47. The molecule has 0 fully saturated rings. The SMILES string of the molecule is C.C.C=CS(C)(=O)=O.CC.CC.CC.CC(C)=O.CN1C(=O)C=CC1=O.CS. The van der Waals surface area contributed by atoms with E-state index in [0.29, 0.717) is 0 Å². The Balaban J connectivity index is -0.0000000302. The largest absolute Gasteiger partial charge is 0.300 e. The summed E-state index contributed by atoms with van der Waals surface area (Å²) in [6.45, 7) is 18.1. The molecule has 0 aromatic carbocycles. The Morgan fingerprint density at radius 1 is 0.929 bits per heavy atom. The molecule has 6 nitrogen and oxygen atoms in total. The zero-order valence-electron chi connectivity index (χ0n) is 18.3. The van der Waals surface area contributed by atoms with E-state index < -0.39 is 9.84 Å². The summed E-state index contributed by atoms with van der Waals surface area (Å²) in [5.74, 6) is -0.315. The Morgan fingerprint density at radius 3 is 1.11 bits per heavy atom. The molecule has 1 aliphatic rings. The molecule has 0 atom stereocenters. The lowest BCUT2D eigenvalue weighted by atomic mass is 10.6. The van der Waals surface area contributed by atoms with Crippen LogP contribution in [0.3, 0.4) is 0 Å². The van der Waals surface area contributed by atoms with Crippen molar-refractivity contribution in [1.82, 2.24) is 4.90 Å². The van der Waals surface area contributed by atoms with Crippen molar-refractivity contribution in [1.29, 1.82) is 0 Å². The fourth-order valence-corrected chi connectivity index (χ4v) is 0.475. The van der Waals surface area contributed by atoms with Gasteiger partial charge in [-0.15, -0.1) is 0 Å². The maximum Gasteiger partial charge on any atom is 0.253 e.